The zero-order chi connectivity index (χ0) is 14.5. The molecule has 0 saturated carbocycles. The normalized spacial score (nSPS) is 21.5. The highest BCUT2D eigenvalue weighted by molar-refractivity contribution is 5.82. The number of rotatable bonds is 5. The van der Waals surface area contributed by atoms with Crippen molar-refractivity contribution < 1.29 is 29.3 Å². The van der Waals surface area contributed by atoms with E-state index in [1.54, 1.807) is 0 Å². The van der Waals surface area contributed by atoms with E-state index in [0.717, 1.165) is 6.42 Å². The van der Waals surface area contributed by atoms with E-state index in [0.29, 0.717) is 13.0 Å². The summed E-state index contributed by atoms with van der Waals surface area (Å²) in [4.78, 5) is 42.2. The lowest BCUT2D eigenvalue weighted by Gasteiger charge is -2.20. The van der Waals surface area contributed by atoms with Crippen LogP contribution in [0.5, 0.6) is 0 Å². The van der Waals surface area contributed by atoms with Gasteiger partial charge in [0.25, 0.3) is 0 Å². The topological polar surface area (TPSA) is 128 Å². The Hall–Kier alpha value is -1.67. The minimum atomic E-state index is -1.51. The van der Waals surface area contributed by atoms with Gasteiger partial charge in [-0.2, -0.15) is 0 Å². The van der Waals surface area contributed by atoms with Crippen LogP contribution in [-0.4, -0.2) is 41.1 Å². The molecule has 2 atom stereocenters. The van der Waals surface area contributed by atoms with Crippen molar-refractivity contribution in [2.24, 2.45) is 5.73 Å². The number of nitrogens with two attached hydrogens (primary N) is 1. The molecule has 0 aromatic rings. The molecule has 1 heterocycles. The van der Waals surface area contributed by atoms with Gasteiger partial charge >= 0.3 is 17.9 Å². The smallest absolute Gasteiger partial charge is 0.374 e. The molecule has 0 aromatic carbocycles. The van der Waals surface area contributed by atoms with Crippen LogP contribution in [0.25, 0.3) is 0 Å². The Balaban J connectivity index is 2.36. The highest BCUT2D eigenvalue weighted by Crippen LogP contribution is 2.12. The van der Waals surface area contributed by atoms with E-state index in [1.807, 2.05) is 0 Å². The highest BCUT2D eigenvalue weighted by Gasteiger charge is 2.34. The molecule has 8 heteroatoms. The van der Waals surface area contributed by atoms with E-state index in [1.165, 1.54) is 6.92 Å². The number of nitrogens with one attached hydrogen (secondary N) is 1. The second-order valence-corrected chi connectivity index (χ2v) is 4.73. The molecule has 0 aromatic heterocycles. The molecule has 0 radical (unpaired) electrons. The first-order chi connectivity index (χ1) is 8.83. The Morgan fingerprint density at radius 1 is 1.42 bits per heavy atom. The quantitative estimate of drug-likeness (QED) is 0.444. The number of aliphatic carboxylic acids is 1. The lowest BCUT2D eigenvalue weighted by molar-refractivity contribution is -0.264. The van der Waals surface area contributed by atoms with Crippen LogP contribution in [0.2, 0.25) is 0 Å². The largest absolute Gasteiger partial charge is 0.481 e. The average Bonchev–Trinajstić information content (AvgIpc) is 2.86. The lowest BCUT2D eigenvalue weighted by Crippen LogP contribution is -2.47. The highest BCUT2D eigenvalue weighted by atomic mass is 17.2. The molecule has 0 bridgehead atoms. The minimum Gasteiger partial charge on any atom is -0.481 e. The van der Waals surface area contributed by atoms with Crippen LogP contribution in [0.1, 0.15) is 32.6 Å². The van der Waals surface area contributed by atoms with Gasteiger partial charge in [-0.1, -0.05) is 0 Å². The molecule has 0 aliphatic carbocycles. The summed E-state index contributed by atoms with van der Waals surface area (Å²) < 4.78 is 0. The molecule has 1 fully saturated rings. The van der Waals surface area contributed by atoms with Crippen molar-refractivity contribution in [1.82, 2.24) is 5.32 Å². The van der Waals surface area contributed by atoms with E-state index in [9.17, 15) is 14.4 Å². The standard InChI is InChI=1S/C11H18N2O6/c1-11(12,5-4-8(14)15)10(17)19-18-9(16)7-3-2-6-13-7/h7,13H,2-6,12H2,1H3,(H,14,15)/t7?,11-/m1/s1. The minimum absolute atomic E-state index is 0.111. The number of carbonyl (C=O) groups is 3. The van der Waals surface area contributed by atoms with Crippen LogP contribution < -0.4 is 11.1 Å². The summed E-state index contributed by atoms with van der Waals surface area (Å²) in [5.41, 5.74) is 4.09. The molecule has 4 N–H and O–H groups in total. The first-order valence-corrected chi connectivity index (χ1v) is 6.00. The fourth-order valence-electron chi connectivity index (χ4n) is 1.59. The predicted molar refractivity (Wildman–Crippen MR) is 62.7 cm³/mol. The maximum absolute atomic E-state index is 11.6. The van der Waals surface area contributed by atoms with Crippen molar-refractivity contribution in [3.05, 3.63) is 0 Å². The van der Waals surface area contributed by atoms with Crippen molar-refractivity contribution in [2.45, 2.75) is 44.2 Å². The SMILES string of the molecule is C[C@@](N)(CCC(=O)O)C(=O)OOC(=O)C1CCCN1. The Kier molecular flexibility index (Phi) is 5.25. The summed E-state index contributed by atoms with van der Waals surface area (Å²) in [7, 11) is 0. The van der Waals surface area contributed by atoms with Crippen molar-refractivity contribution in [3.63, 3.8) is 0 Å². The monoisotopic (exact) mass is 274 g/mol. The molecule has 1 aliphatic heterocycles. The van der Waals surface area contributed by atoms with Crippen molar-refractivity contribution in [2.75, 3.05) is 6.54 Å². The average molecular weight is 274 g/mol. The summed E-state index contributed by atoms with van der Waals surface area (Å²) >= 11 is 0. The summed E-state index contributed by atoms with van der Waals surface area (Å²) in [6.07, 6.45) is 1.08. The molecular formula is C11H18N2O6. The van der Waals surface area contributed by atoms with Crippen LogP contribution in [0, 0.1) is 0 Å². The molecule has 8 nitrogen and oxygen atoms in total. The number of carboxylic acids is 1. The van der Waals surface area contributed by atoms with Crippen molar-refractivity contribution in [3.8, 4) is 0 Å². The van der Waals surface area contributed by atoms with Crippen LogP contribution in [0.4, 0.5) is 0 Å². The van der Waals surface area contributed by atoms with Crippen LogP contribution in [0.15, 0.2) is 0 Å². The number of carbonyl (C=O) groups excluding carboxylic acids is 2. The van der Waals surface area contributed by atoms with Crippen molar-refractivity contribution in [1.29, 1.82) is 0 Å². The summed E-state index contributed by atoms with van der Waals surface area (Å²) in [5.74, 6) is -2.73. The molecule has 19 heavy (non-hydrogen) atoms. The molecule has 1 rings (SSSR count). The van der Waals surface area contributed by atoms with Gasteiger partial charge in [0.2, 0.25) is 0 Å². The summed E-state index contributed by atoms with van der Waals surface area (Å²) in [5, 5.41) is 11.4. The second-order valence-electron chi connectivity index (χ2n) is 4.73. The van der Waals surface area contributed by atoms with Gasteiger partial charge in [-0.15, -0.1) is 0 Å². The third-order valence-electron chi connectivity index (χ3n) is 2.87. The van der Waals surface area contributed by atoms with E-state index in [4.69, 9.17) is 10.8 Å². The maximum Gasteiger partial charge on any atom is 0.374 e. The van der Waals surface area contributed by atoms with E-state index < -0.39 is 29.5 Å². The van der Waals surface area contributed by atoms with Gasteiger partial charge in [0.05, 0.1) is 0 Å². The zero-order valence-corrected chi connectivity index (χ0v) is 10.7. The van der Waals surface area contributed by atoms with E-state index in [-0.39, 0.29) is 12.8 Å². The first kappa shape index (κ1) is 15.4. The first-order valence-electron chi connectivity index (χ1n) is 6.00. The van der Waals surface area contributed by atoms with Gasteiger partial charge in [-0.3, -0.25) is 4.79 Å². The Morgan fingerprint density at radius 3 is 2.63 bits per heavy atom. The fraction of sp³-hybridized carbons (Fsp3) is 0.727. The van der Waals surface area contributed by atoms with Gasteiger partial charge < -0.3 is 16.2 Å². The molecule has 0 amide bonds. The predicted octanol–water partition coefficient (Wildman–Crippen LogP) is -0.678. The molecular weight excluding hydrogens is 256 g/mol. The summed E-state index contributed by atoms with van der Waals surface area (Å²) in [6, 6.07) is -0.476. The van der Waals surface area contributed by atoms with Crippen LogP contribution in [0.3, 0.4) is 0 Å². The Morgan fingerprint density at radius 2 is 2.11 bits per heavy atom. The Labute approximate surface area is 110 Å². The van der Waals surface area contributed by atoms with Gasteiger partial charge in [0.1, 0.15) is 11.6 Å². The zero-order valence-electron chi connectivity index (χ0n) is 10.7. The number of carboxylic acid groups (broad SMARTS) is 1. The Bertz CT molecular complexity index is 362. The lowest BCUT2D eigenvalue weighted by atomic mass is 9.98. The third-order valence-corrected chi connectivity index (χ3v) is 2.87. The molecule has 0 spiro atoms. The fourth-order valence-corrected chi connectivity index (χ4v) is 1.59. The van der Waals surface area contributed by atoms with Crippen LogP contribution in [-0.2, 0) is 24.2 Å². The molecule has 1 unspecified atom stereocenters. The molecule has 108 valence electrons. The van der Waals surface area contributed by atoms with E-state index >= 15 is 0 Å². The summed E-state index contributed by atoms with van der Waals surface area (Å²) in [6.45, 7) is 2.03. The third kappa shape index (κ3) is 4.84. The van der Waals surface area contributed by atoms with Gasteiger partial charge in [0, 0.05) is 6.42 Å². The second kappa shape index (κ2) is 6.48. The van der Waals surface area contributed by atoms with Crippen molar-refractivity contribution >= 4 is 17.9 Å². The van der Waals surface area contributed by atoms with Gasteiger partial charge in [0.15, 0.2) is 0 Å². The molecule has 1 saturated heterocycles. The van der Waals surface area contributed by atoms with E-state index in [2.05, 4.69) is 15.1 Å². The number of hydrogen-bond acceptors (Lipinski definition) is 7. The maximum atomic E-state index is 11.6. The van der Waals surface area contributed by atoms with Gasteiger partial charge in [-0.05, 0) is 32.7 Å². The van der Waals surface area contributed by atoms with Gasteiger partial charge in [-0.25, -0.2) is 19.4 Å². The molecule has 1 aliphatic rings. The van der Waals surface area contributed by atoms with Crippen LogP contribution >= 0.6 is 0 Å². The number of hydrogen-bond donors (Lipinski definition) is 3.